The van der Waals surface area contributed by atoms with E-state index in [1.807, 2.05) is 19.9 Å². The van der Waals surface area contributed by atoms with Crippen molar-refractivity contribution < 1.29 is 4.79 Å². The van der Waals surface area contributed by atoms with Crippen LogP contribution in [0.3, 0.4) is 0 Å². The Hall–Kier alpha value is -0.530. The van der Waals surface area contributed by atoms with Crippen LogP contribution in [0.5, 0.6) is 0 Å². The maximum Gasteiger partial charge on any atom is 0.129 e. The van der Waals surface area contributed by atoms with Gasteiger partial charge in [0.05, 0.1) is 10.0 Å². The molecule has 0 bridgehead atoms. The monoisotopic (exact) mass is 216 g/mol. The maximum atomic E-state index is 10.7. The number of hydrogen-bond acceptors (Lipinski definition) is 1. The topological polar surface area (TPSA) is 17.1 Å². The molecule has 0 saturated heterocycles. The highest BCUT2D eigenvalue weighted by Gasteiger charge is 2.19. The first-order chi connectivity index (χ1) is 5.97. The number of halogens is 2. The highest BCUT2D eigenvalue weighted by molar-refractivity contribution is 6.42. The molecule has 0 radical (unpaired) electrons. The van der Waals surface area contributed by atoms with Crippen molar-refractivity contribution in [3.05, 3.63) is 33.8 Å². The second-order valence-corrected chi connectivity index (χ2v) is 4.28. The number of hydrogen-bond donors (Lipinski definition) is 0. The van der Waals surface area contributed by atoms with Crippen LogP contribution in [0.15, 0.2) is 18.2 Å². The molecule has 1 nitrogen and oxygen atoms in total. The third-order valence-corrected chi connectivity index (χ3v) is 2.70. The van der Waals surface area contributed by atoms with Crippen molar-refractivity contribution >= 4 is 29.5 Å². The minimum atomic E-state index is -0.506. The second kappa shape index (κ2) is 3.69. The van der Waals surface area contributed by atoms with Gasteiger partial charge in [-0.1, -0.05) is 29.3 Å². The molecule has 0 N–H and O–H groups in total. The Morgan fingerprint density at radius 3 is 2.31 bits per heavy atom. The van der Waals surface area contributed by atoms with Crippen molar-refractivity contribution in [2.45, 2.75) is 19.3 Å². The molecule has 1 rings (SSSR count). The van der Waals surface area contributed by atoms with Crippen molar-refractivity contribution in [1.82, 2.24) is 0 Å². The van der Waals surface area contributed by atoms with Gasteiger partial charge in [-0.25, -0.2) is 0 Å². The first-order valence-corrected chi connectivity index (χ1v) is 4.65. The van der Waals surface area contributed by atoms with Crippen molar-refractivity contribution in [3.63, 3.8) is 0 Å². The molecule has 1 aromatic rings. The lowest BCUT2D eigenvalue weighted by atomic mass is 9.86. The first-order valence-electron chi connectivity index (χ1n) is 3.89. The van der Waals surface area contributed by atoms with Crippen LogP contribution in [0.2, 0.25) is 10.0 Å². The van der Waals surface area contributed by atoms with Crippen LogP contribution in [-0.4, -0.2) is 6.29 Å². The lowest BCUT2D eigenvalue weighted by Gasteiger charge is -2.17. The predicted octanol–water partition coefficient (Wildman–Crippen LogP) is 3.47. The summed E-state index contributed by atoms with van der Waals surface area (Å²) in [6.45, 7) is 3.67. The highest BCUT2D eigenvalue weighted by Crippen LogP contribution is 2.28. The zero-order valence-electron chi connectivity index (χ0n) is 7.47. The van der Waals surface area contributed by atoms with Gasteiger partial charge >= 0.3 is 0 Å². The molecule has 0 heterocycles. The van der Waals surface area contributed by atoms with Gasteiger partial charge in [-0.05, 0) is 31.5 Å². The van der Waals surface area contributed by atoms with Crippen LogP contribution in [0, 0.1) is 0 Å². The minimum absolute atomic E-state index is 0.481. The summed E-state index contributed by atoms with van der Waals surface area (Å²) in [5, 5.41) is 0.987. The normalized spacial score (nSPS) is 11.4. The van der Waals surface area contributed by atoms with E-state index in [0.29, 0.717) is 10.0 Å². The third kappa shape index (κ3) is 2.23. The van der Waals surface area contributed by atoms with Crippen LogP contribution < -0.4 is 0 Å². The van der Waals surface area contributed by atoms with Crippen molar-refractivity contribution in [2.24, 2.45) is 0 Å². The standard InChI is InChI=1S/C10H10Cl2O/c1-10(2,6-13)7-3-4-8(11)9(12)5-7/h3-6H,1-2H3. The summed E-state index contributed by atoms with van der Waals surface area (Å²) in [5.74, 6) is 0. The van der Waals surface area contributed by atoms with E-state index in [2.05, 4.69) is 0 Å². The fraction of sp³-hybridized carbons (Fsp3) is 0.300. The molecule has 3 heteroatoms. The molecule has 0 aliphatic rings. The van der Waals surface area contributed by atoms with Crippen LogP contribution in [0.4, 0.5) is 0 Å². The van der Waals surface area contributed by atoms with Gasteiger partial charge < -0.3 is 4.79 Å². The zero-order valence-corrected chi connectivity index (χ0v) is 8.99. The van der Waals surface area contributed by atoms with E-state index < -0.39 is 5.41 Å². The molecule has 0 aromatic heterocycles. The summed E-state index contributed by atoms with van der Waals surface area (Å²) in [7, 11) is 0. The van der Waals surface area contributed by atoms with Gasteiger partial charge in [0.1, 0.15) is 6.29 Å². The summed E-state index contributed by atoms with van der Waals surface area (Å²) < 4.78 is 0. The molecular weight excluding hydrogens is 207 g/mol. The molecule has 70 valence electrons. The molecule has 1 aromatic carbocycles. The SMILES string of the molecule is CC(C)(C=O)c1ccc(Cl)c(Cl)c1. The van der Waals surface area contributed by atoms with Crippen LogP contribution >= 0.6 is 23.2 Å². The third-order valence-electron chi connectivity index (χ3n) is 1.96. The van der Waals surface area contributed by atoms with Gasteiger partial charge in [0.25, 0.3) is 0 Å². The summed E-state index contributed by atoms with van der Waals surface area (Å²) in [6, 6.07) is 5.23. The van der Waals surface area contributed by atoms with Crippen molar-refractivity contribution in [2.75, 3.05) is 0 Å². The van der Waals surface area contributed by atoms with Gasteiger partial charge in [-0.2, -0.15) is 0 Å². The molecule has 0 atom stereocenters. The number of aldehydes is 1. The molecule has 0 fully saturated rings. The van der Waals surface area contributed by atoms with Crippen LogP contribution in [0.1, 0.15) is 19.4 Å². The summed E-state index contributed by atoms with van der Waals surface area (Å²) in [5.41, 5.74) is 0.366. The molecule has 0 unspecified atom stereocenters. The number of carbonyl (C=O) groups is 1. The quantitative estimate of drug-likeness (QED) is 0.693. The maximum absolute atomic E-state index is 10.7. The molecular formula is C10H10Cl2O. The Balaban J connectivity index is 3.18. The lowest BCUT2D eigenvalue weighted by Crippen LogP contribution is -2.18. The largest absolute Gasteiger partial charge is 0.302 e. The van der Waals surface area contributed by atoms with Gasteiger partial charge in [-0.3, -0.25) is 0 Å². The summed E-state index contributed by atoms with van der Waals surface area (Å²) in [4.78, 5) is 10.7. The lowest BCUT2D eigenvalue weighted by molar-refractivity contribution is -0.111. The highest BCUT2D eigenvalue weighted by atomic mass is 35.5. The Labute approximate surface area is 87.7 Å². The van der Waals surface area contributed by atoms with E-state index in [9.17, 15) is 4.79 Å². The van der Waals surface area contributed by atoms with E-state index in [0.717, 1.165) is 11.8 Å². The zero-order chi connectivity index (χ0) is 10.1. The van der Waals surface area contributed by atoms with Gasteiger partial charge in [0, 0.05) is 5.41 Å². The number of rotatable bonds is 2. The Kier molecular flexibility index (Phi) is 2.99. The molecule has 13 heavy (non-hydrogen) atoms. The van der Waals surface area contributed by atoms with E-state index in [1.54, 1.807) is 12.1 Å². The van der Waals surface area contributed by atoms with Gasteiger partial charge in [0.15, 0.2) is 0 Å². The average Bonchev–Trinajstić information content (AvgIpc) is 2.09. The molecule has 0 aliphatic carbocycles. The molecule has 0 saturated carbocycles. The fourth-order valence-electron chi connectivity index (χ4n) is 0.965. The van der Waals surface area contributed by atoms with E-state index >= 15 is 0 Å². The fourth-order valence-corrected chi connectivity index (χ4v) is 1.26. The van der Waals surface area contributed by atoms with Gasteiger partial charge in [0.2, 0.25) is 0 Å². The van der Waals surface area contributed by atoms with E-state index in [4.69, 9.17) is 23.2 Å². The predicted molar refractivity (Wildman–Crippen MR) is 55.6 cm³/mol. The smallest absolute Gasteiger partial charge is 0.129 e. The Morgan fingerprint density at radius 1 is 1.23 bits per heavy atom. The molecule has 0 amide bonds. The van der Waals surface area contributed by atoms with Gasteiger partial charge in [-0.15, -0.1) is 0 Å². The molecule has 0 aliphatic heterocycles. The second-order valence-electron chi connectivity index (χ2n) is 3.47. The van der Waals surface area contributed by atoms with E-state index in [1.165, 1.54) is 0 Å². The number of carbonyl (C=O) groups excluding carboxylic acids is 1. The Bertz CT molecular complexity index is 332. The van der Waals surface area contributed by atoms with Crippen molar-refractivity contribution in [1.29, 1.82) is 0 Å². The molecule has 0 spiro atoms. The van der Waals surface area contributed by atoms with Crippen LogP contribution in [-0.2, 0) is 10.2 Å². The Morgan fingerprint density at radius 2 is 1.85 bits per heavy atom. The first kappa shape index (κ1) is 10.6. The summed E-state index contributed by atoms with van der Waals surface area (Å²) in [6.07, 6.45) is 0.895. The average molecular weight is 217 g/mol. The summed E-state index contributed by atoms with van der Waals surface area (Å²) >= 11 is 11.6. The van der Waals surface area contributed by atoms with Crippen molar-refractivity contribution in [3.8, 4) is 0 Å². The number of benzene rings is 1. The van der Waals surface area contributed by atoms with E-state index in [-0.39, 0.29) is 0 Å². The van der Waals surface area contributed by atoms with Crippen LogP contribution in [0.25, 0.3) is 0 Å². The minimum Gasteiger partial charge on any atom is -0.302 e.